The molecule has 0 bridgehead atoms. The van der Waals surface area contributed by atoms with Gasteiger partial charge in [0.05, 0.1) is 10.6 Å². The van der Waals surface area contributed by atoms with Crippen molar-refractivity contribution in [2.24, 2.45) is 7.05 Å². The Morgan fingerprint density at radius 3 is 2.64 bits per heavy atom. The van der Waals surface area contributed by atoms with Crippen molar-refractivity contribution in [3.8, 4) is 0 Å². The van der Waals surface area contributed by atoms with Crippen LogP contribution in [0.15, 0.2) is 71.1 Å². The minimum Gasteiger partial charge on any atom is -0.361 e. The lowest BCUT2D eigenvalue weighted by Gasteiger charge is -2.18. The number of carbonyl (C=O) groups is 2. The number of nitrogens with zero attached hydrogens (tertiary/aromatic N) is 2. The predicted octanol–water partition coefficient (Wildman–Crippen LogP) is 3.95. The summed E-state index contributed by atoms with van der Waals surface area (Å²) in [5.74, 6) is -0.833. The second kappa shape index (κ2) is 7.53. The van der Waals surface area contributed by atoms with E-state index < -0.39 is 11.8 Å². The van der Waals surface area contributed by atoms with Crippen LogP contribution in [0, 0.1) is 0 Å². The molecule has 28 heavy (non-hydrogen) atoms. The van der Waals surface area contributed by atoms with Crippen LogP contribution in [0.3, 0.4) is 0 Å². The first kappa shape index (κ1) is 18.3. The molecule has 2 amide bonds. The van der Waals surface area contributed by atoms with E-state index in [1.165, 1.54) is 11.8 Å². The van der Waals surface area contributed by atoms with Crippen LogP contribution in [0.4, 0.5) is 5.69 Å². The molecule has 8 heteroatoms. The molecule has 4 rings (SSSR count). The van der Waals surface area contributed by atoms with Crippen LogP contribution < -0.4 is 10.6 Å². The van der Waals surface area contributed by atoms with Crippen LogP contribution in [-0.2, 0) is 11.8 Å². The van der Waals surface area contributed by atoms with E-state index in [2.05, 4.69) is 15.6 Å². The Labute approximate surface area is 170 Å². The quantitative estimate of drug-likeness (QED) is 0.503. The van der Waals surface area contributed by atoms with Gasteiger partial charge in [0.1, 0.15) is 0 Å². The number of imidazole rings is 1. The first-order valence-corrected chi connectivity index (χ1v) is 9.59. The van der Waals surface area contributed by atoms with E-state index in [4.69, 9.17) is 11.6 Å². The molecular weight excluding hydrogens is 396 g/mol. The van der Waals surface area contributed by atoms with Gasteiger partial charge in [0.15, 0.2) is 5.16 Å². The van der Waals surface area contributed by atoms with Crippen LogP contribution in [0.1, 0.15) is 15.9 Å². The molecule has 0 spiro atoms. The van der Waals surface area contributed by atoms with Gasteiger partial charge in [-0.1, -0.05) is 41.6 Å². The van der Waals surface area contributed by atoms with Crippen molar-refractivity contribution in [1.82, 2.24) is 14.9 Å². The molecule has 0 fully saturated rings. The second-order valence-electron chi connectivity index (χ2n) is 6.10. The molecule has 0 aliphatic carbocycles. The highest BCUT2D eigenvalue weighted by atomic mass is 35.5. The van der Waals surface area contributed by atoms with Gasteiger partial charge in [-0.05, 0) is 24.3 Å². The van der Waals surface area contributed by atoms with E-state index >= 15 is 0 Å². The summed E-state index contributed by atoms with van der Waals surface area (Å²) in [6.45, 7) is 0. The third kappa shape index (κ3) is 3.54. The van der Waals surface area contributed by atoms with Gasteiger partial charge in [-0.15, -0.1) is 0 Å². The number of amides is 2. The smallest absolute Gasteiger partial charge is 0.260 e. The Balaban J connectivity index is 1.57. The number of nitrogens with one attached hydrogen (secondary N) is 2. The first-order valence-electron chi connectivity index (χ1n) is 8.39. The van der Waals surface area contributed by atoms with Gasteiger partial charge < -0.3 is 9.88 Å². The number of halogens is 1. The summed E-state index contributed by atoms with van der Waals surface area (Å²) in [5.41, 5.74) is 2.17. The van der Waals surface area contributed by atoms with Crippen LogP contribution in [0.2, 0.25) is 5.02 Å². The molecule has 3 aromatic rings. The molecule has 0 unspecified atom stereocenters. The number of aryl methyl sites for hydroxylation is 1. The van der Waals surface area contributed by atoms with Crippen molar-refractivity contribution >= 4 is 46.4 Å². The summed E-state index contributed by atoms with van der Waals surface area (Å²) < 4.78 is 1.91. The van der Waals surface area contributed by atoms with E-state index in [0.717, 1.165) is 15.7 Å². The fraction of sp³-hybridized carbons (Fsp3) is 0.0500. The number of hydrogen-bond acceptors (Lipinski definition) is 5. The summed E-state index contributed by atoms with van der Waals surface area (Å²) in [6.07, 6.45) is 5.18. The number of carbonyl (C=O) groups excluding carboxylic acids is 2. The van der Waals surface area contributed by atoms with Crippen LogP contribution in [-0.4, -0.2) is 21.4 Å². The maximum absolute atomic E-state index is 12.2. The highest BCUT2D eigenvalue weighted by molar-refractivity contribution is 7.99. The fourth-order valence-electron chi connectivity index (χ4n) is 2.80. The number of fused-ring (bicyclic) bond motifs is 1. The van der Waals surface area contributed by atoms with Crippen molar-refractivity contribution in [3.05, 3.63) is 77.2 Å². The van der Waals surface area contributed by atoms with E-state index in [1.54, 1.807) is 42.7 Å². The van der Waals surface area contributed by atoms with Gasteiger partial charge in [0, 0.05) is 47.4 Å². The lowest BCUT2D eigenvalue weighted by atomic mass is 9.96. The molecule has 6 nitrogen and oxygen atoms in total. The summed E-state index contributed by atoms with van der Waals surface area (Å²) in [6, 6.07) is 12.5. The molecule has 1 aromatic heterocycles. The van der Waals surface area contributed by atoms with Crippen LogP contribution >= 0.6 is 23.4 Å². The lowest BCUT2D eigenvalue weighted by Crippen LogP contribution is -2.36. The topological polar surface area (TPSA) is 76.0 Å². The van der Waals surface area contributed by atoms with Gasteiger partial charge in [0.25, 0.3) is 11.8 Å². The molecule has 1 aliphatic rings. The first-order chi connectivity index (χ1) is 13.5. The number of imide groups is 1. The third-order valence-corrected chi connectivity index (χ3v) is 5.80. The van der Waals surface area contributed by atoms with E-state index in [-0.39, 0.29) is 0 Å². The second-order valence-corrected chi connectivity index (χ2v) is 7.52. The van der Waals surface area contributed by atoms with Crippen molar-refractivity contribution in [2.75, 3.05) is 5.32 Å². The van der Waals surface area contributed by atoms with Crippen LogP contribution in [0.25, 0.3) is 5.57 Å². The number of hydrogen-bond donors (Lipinski definition) is 2. The number of aromatic nitrogens is 2. The van der Waals surface area contributed by atoms with E-state index in [9.17, 15) is 9.59 Å². The average Bonchev–Trinajstić information content (AvgIpc) is 3.08. The van der Waals surface area contributed by atoms with Gasteiger partial charge in [-0.25, -0.2) is 4.98 Å². The molecule has 1 aliphatic heterocycles. The maximum Gasteiger partial charge on any atom is 0.260 e. The standard InChI is InChI=1S/C20H15ClN4O2S/c1-25-9-8-22-20(25)28-17-7-6-12(10-16(17)21)23-11-15-13-4-2-3-5-14(13)18(26)24-19(15)27/h2-11,23H,1H3,(H,24,26,27). The Bertz CT molecular complexity index is 1120. The zero-order valence-corrected chi connectivity index (χ0v) is 16.3. The Morgan fingerprint density at radius 2 is 1.93 bits per heavy atom. The molecule has 0 saturated heterocycles. The Kier molecular flexibility index (Phi) is 4.93. The Morgan fingerprint density at radius 1 is 1.14 bits per heavy atom. The van der Waals surface area contributed by atoms with E-state index in [0.29, 0.717) is 21.7 Å². The largest absolute Gasteiger partial charge is 0.361 e. The van der Waals surface area contributed by atoms with Gasteiger partial charge in [-0.3, -0.25) is 14.9 Å². The number of rotatable bonds is 4. The van der Waals surface area contributed by atoms with Crippen molar-refractivity contribution in [1.29, 1.82) is 0 Å². The summed E-state index contributed by atoms with van der Waals surface area (Å²) in [4.78, 5) is 29.3. The highest BCUT2D eigenvalue weighted by Crippen LogP contribution is 2.34. The summed E-state index contributed by atoms with van der Waals surface area (Å²) in [5, 5.41) is 6.85. The SMILES string of the molecule is Cn1ccnc1Sc1ccc(NC=C2C(=O)NC(=O)c3ccccc32)cc1Cl. The van der Waals surface area contributed by atoms with Crippen LogP contribution in [0.5, 0.6) is 0 Å². The molecule has 2 N–H and O–H groups in total. The molecule has 0 saturated carbocycles. The molecule has 0 radical (unpaired) electrons. The van der Waals surface area contributed by atoms with Gasteiger partial charge in [0.2, 0.25) is 0 Å². The van der Waals surface area contributed by atoms with Crippen molar-refractivity contribution in [3.63, 3.8) is 0 Å². The molecule has 0 atom stereocenters. The lowest BCUT2D eigenvalue weighted by molar-refractivity contribution is -0.114. The van der Waals surface area contributed by atoms with Gasteiger partial charge in [-0.2, -0.15) is 0 Å². The molecule has 2 aromatic carbocycles. The average molecular weight is 411 g/mol. The maximum atomic E-state index is 12.2. The highest BCUT2D eigenvalue weighted by Gasteiger charge is 2.26. The zero-order valence-electron chi connectivity index (χ0n) is 14.8. The number of anilines is 1. The summed E-state index contributed by atoms with van der Waals surface area (Å²) in [7, 11) is 1.92. The molecular formula is C20H15ClN4O2S. The minimum atomic E-state index is -0.441. The molecule has 140 valence electrons. The predicted molar refractivity (Wildman–Crippen MR) is 109 cm³/mol. The zero-order chi connectivity index (χ0) is 19.7. The molecule has 2 heterocycles. The minimum absolute atomic E-state index is 0.387. The summed E-state index contributed by atoms with van der Waals surface area (Å²) >= 11 is 7.88. The normalized spacial score (nSPS) is 14.7. The van der Waals surface area contributed by atoms with Crippen molar-refractivity contribution < 1.29 is 9.59 Å². The number of benzene rings is 2. The van der Waals surface area contributed by atoms with Gasteiger partial charge >= 0.3 is 0 Å². The monoisotopic (exact) mass is 410 g/mol. The third-order valence-electron chi connectivity index (χ3n) is 4.23. The fourth-order valence-corrected chi connectivity index (χ4v) is 3.90. The van der Waals surface area contributed by atoms with Crippen molar-refractivity contribution in [2.45, 2.75) is 10.1 Å². The Hall–Kier alpha value is -3.03. The van der Waals surface area contributed by atoms with E-state index in [1.807, 2.05) is 29.9 Å².